The summed E-state index contributed by atoms with van der Waals surface area (Å²) in [5.41, 5.74) is 9.70. The zero-order valence-electron chi connectivity index (χ0n) is 13.2. The van der Waals surface area contributed by atoms with Gasteiger partial charge in [0.05, 0.1) is 23.9 Å². The van der Waals surface area contributed by atoms with Crippen LogP contribution >= 0.6 is 11.6 Å². The number of imidazole rings is 1. The standard InChI is InChI=1S/C16H13ClN8/c1-8-23-12(13-16(24-8)22-7-21-13)10-3-2-4-19-15(10)25-9-5-11(18)14(17)20-6-9/h2-7H,18H2,1H3,(H,19,25)(H,21,22,23,24). The molecule has 0 aliphatic carbocycles. The van der Waals surface area contributed by atoms with Crippen LogP contribution in [0, 0.1) is 6.92 Å². The average Bonchev–Trinajstić information content (AvgIpc) is 3.06. The molecule has 25 heavy (non-hydrogen) atoms. The second-order valence-corrected chi connectivity index (χ2v) is 5.71. The fourth-order valence-corrected chi connectivity index (χ4v) is 2.60. The Hall–Kier alpha value is -3.26. The largest absolute Gasteiger partial charge is 0.396 e. The van der Waals surface area contributed by atoms with Crippen LogP contribution in [0.1, 0.15) is 5.82 Å². The number of nitrogens with two attached hydrogens (primary N) is 1. The van der Waals surface area contributed by atoms with Gasteiger partial charge in [0.1, 0.15) is 22.9 Å². The van der Waals surface area contributed by atoms with Crippen LogP contribution in [-0.4, -0.2) is 29.9 Å². The van der Waals surface area contributed by atoms with E-state index < -0.39 is 0 Å². The number of rotatable bonds is 3. The van der Waals surface area contributed by atoms with Crippen LogP contribution in [0.4, 0.5) is 17.2 Å². The van der Waals surface area contributed by atoms with Gasteiger partial charge in [-0.1, -0.05) is 11.6 Å². The summed E-state index contributed by atoms with van der Waals surface area (Å²) >= 11 is 5.87. The summed E-state index contributed by atoms with van der Waals surface area (Å²) in [5.74, 6) is 1.24. The van der Waals surface area contributed by atoms with Crippen molar-refractivity contribution < 1.29 is 0 Å². The van der Waals surface area contributed by atoms with Crippen molar-refractivity contribution in [1.29, 1.82) is 0 Å². The Morgan fingerprint density at radius 3 is 2.92 bits per heavy atom. The second kappa shape index (κ2) is 5.99. The molecule has 0 aromatic carbocycles. The third-order valence-corrected chi connectivity index (χ3v) is 3.90. The highest BCUT2D eigenvalue weighted by Gasteiger charge is 2.15. The third kappa shape index (κ3) is 2.83. The molecule has 8 nitrogen and oxygen atoms in total. The maximum atomic E-state index is 5.87. The minimum atomic E-state index is 0.261. The highest BCUT2D eigenvalue weighted by molar-refractivity contribution is 6.31. The van der Waals surface area contributed by atoms with Gasteiger partial charge < -0.3 is 16.0 Å². The topological polar surface area (TPSA) is 118 Å². The lowest BCUT2D eigenvalue weighted by atomic mass is 10.1. The quantitative estimate of drug-likeness (QED) is 0.485. The van der Waals surface area contributed by atoms with Crippen LogP contribution in [0.2, 0.25) is 5.15 Å². The van der Waals surface area contributed by atoms with E-state index in [4.69, 9.17) is 17.3 Å². The molecule has 4 rings (SSSR count). The molecule has 0 fully saturated rings. The van der Waals surface area contributed by atoms with E-state index in [0.29, 0.717) is 39.9 Å². The molecule has 0 aliphatic heterocycles. The molecule has 0 spiro atoms. The molecule has 0 saturated carbocycles. The van der Waals surface area contributed by atoms with E-state index >= 15 is 0 Å². The predicted octanol–water partition coefficient (Wildman–Crippen LogP) is 3.10. The molecule has 0 saturated heterocycles. The number of anilines is 3. The number of hydrogen-bond donors (Lipinski definition) is 3. The van der Waals surface area contributed by atoms with E-state index in [0.717, 1.165) is 5.56 Å². The lowest BCUT2D eigenvalue weighted by Gasteiger charge is -2.11. The number of fused-ring (bicyclic) bond motifs is 1. The molecule has 4 heterocycles. The van der Waals surface area contributed by atoms with E-state index in [-0.39, 0.29) is 5.15 Å². The number of pyridine rings is 2. The lowest BCUT2D eigenvalue weighted by Crippen LogP contribution is -2.01. The normalized spacial score (nSPS) is 11.0. The SMILES string of the molecule is Cc1nc(-c2cccnc2Nc2cnc(Cl)c(N)c2)c2nc[nH]c2n1. The van der Waals surface area contributed by atoms with Gasteiger partial charge >= 0.3 is 0 Å². The van der Waals surface area contributed by atoms with Crippen molar-refractivity contribution in [1.82, 2.24) is 29.9 Å². The Bertz CT molecular complexity index is 1070. The average molecular weight is 353 g/mol. The van der Waals surface area contributed by atoms with E-state index in [2.05, 4.69) is 35.2 Å². The summed E-state index contributed by atoms with van der Waals surface area (Å²) in [6, 6.07) is 5.45. The van der Waals surface area contributed by atoms with E-state index in [1.165, 1.54) is 0 Å². The summed E-state index contributed by atoms with van der Waals surface area (Å²) in [4.78, 5) is 24.7. The molecular weight excluding hydrogens is 340 g/mol. The summed E-state index contributed by atoms with van der Waals surface area (Å²) in [7, 11) is 0. The lowest BCUT2D eigenvalue weighted by molar-refractivity contribution is 1.08. The van der Waals surface area contributed by atoms with Gasteiger partial charge in [-0.2, -0.15) is 0 Å². The van der Waals surface area contributed by atoms with Gasteiger partial charge in [-0.25, -0.2) is 24.9 Å². The predicted molar refractivity (Wildman–Crippen MR) is 96.6 cm³/mol. The summed E-state index contributed by atoms with van der Waals surface area (Å²) in [5, 5.41) is 3.47. The summed E-state index contributed by atoms with van der Waals surface area (Å²) in [6.45, 7) is 1.83. The summed E-state index contributed by atoms with van der Waals surface area (Å²) < 4.78 is 0. The molecule has 0 aliphatic rings. The highest BCUT2D eigenvalue weighted by Crippen LogP contribution is 2.31. The zero-order chi connectivity index (χ0) is 17.4. The van der Waals surface area contributed by atoms with Gasteiger partial charge in [-0.05, 0) is 25.1 Å². The first-order valence-electron chi connectivity index (χ1n) is 7.43. The number of H-pyrrole nitrogens is 1. The second-order valence-electron chi connectivity index (χ2n) is 5.35. The first-order chi connectivity index (χ1) is 12.1. The fraction of sp³-hybridized carbons (Fsp3) is 0.0625. The summed E-state index contributed by atoms with van der Waals surface area (Å²) in [6.07, 6.45) is 4.87. The van der Waals surface area contributed by atoms with E-state index in [1.54, 1.807) is 24.8 Å². The van der Waals surface area contributed by atoms with Gasteiger partial charge in [0.15, 0.2) is 10.8 Å². The van der Waals surface area contributed by atoms with Crippen LogP contribution < -0.4 is 11.1 Å². The number of nitrogens with one attached hydrogen (secondary N) is 2. The molecule has 0 amide bonds. The van der Waals surface area contributed by atoms with Gasteiger partial charge in [0.25, 0.3) is 0 Å². The first kappa shape index (κ1) is 15.3. The number of aromatic amines is 1. The third-order valence-electron chi connectivity index (χ3n) is 3.58. The van der Waals surface area contributed by atoms with Crippen LogP contribution in [0.3, 0.4) is 0 Å². The maximum absolute atomic E-state index is 5.87. The van der Waals surface area contributed by atoms with Gasteiger partial charge in [0.2, 0.25) is 0 Å². The van der Waals surface area contributed by atoms with Gasteiger partial charge in [-0.15, -0.1) is 0 Å². The molecule has 9 heteroatoms. The molecule has 0 radical (unpaired) electrons. The molecule has 4 N–H and O–H groups in total. The Balaban J connectivity index is 1.83. The minimum Gasteiger partial charge on any atom is -0.396 e. The molecule has 0 bridgehead atoms. The molecule has 124 valence electrons. The number of aryl methyl sites for hydroxylation is 1. The van der Waals surface area contributed by atoms with Crippen molar-refractivity contribution in [2.75, 3.05) is 11.1 Å². The zero-order valence-corrected chi connectivity index (χ0v) is 13.9. The smallest absolute Gasteiger partial charge is 0.161 e. The monoisotopic (exact) mass is 352 g/mol. The Kier molecular flexibility index (Phi) is 3.66. The van der Waals surface area contributed by atoms with E-state index in [9.17, 15) is 0 Å². The molecule has 4 aromatic heterocycles. The molecule has 0 atom stereocenters. The molecular formula is C16H13ClN8. The number of aromatic nitrogens is 6. The van der Waals surface area contributed by atoms with Crippen LogP contribution in [0.5, 0.6) is 0 Å². The van der Waals surface area contributed by atoms with Crippen molar-refractivity contribution in [2.24, 2.45) is 0 Å². The van der Waals surface area contributed by atoms with Crippen LogP contribution in [-0.2, 0) is 0 Å². The Morgan fingerprint density at radius 1 is 1.20 bits per heavy atom. The van der Waals surface area contributed by atoms with Crippen molar-refractivity contribution in [2.45, 2.75) is 6.92 Å². The van der Waals surface area contributed by atoms with Crippen molar-refractivity contribution >= 4 is 40.0 Å². The maximum Gasteiger partial charge on any atom is 0.161 e. The minimum absolute atomic E-state index is 0.261. The van der Waals surface area contributed by atoms with Crippen LogP contribution in [0.25, 0.3) is 22.4 Å². The number of halogens is 1. The first-order valence-corrected chi connectivity index (χ1v) is 7.81. The Labute approximate surface area is 147 Å². The molecule has 0 unspecified atom stereocenters. The van der Waals surface area contributed by atoms with E-state index in [1.807, 2.05) is 19.1 Å². The van der Waals surface area contributed by atoms with Crippen molar-refractivity contribution in [3.05, 3.63) is 47.9 Å². The molecule has 4 aromatic rings. The number of nitrogen functional groups attached to an aromatic ring is 1. The Morgan fingerprint density at radius 2 is 2.08 bits per heavy atom. The van der Waals surface area contributed by atoms with Gasteiger partial charge in [-0.3, -0.25) is 0 Å². The van der Waals surface area contributed by atoms with Crippen molar-refractivity contribution in [3.8, 4) is 11.3 Å². The van der Waals surface area contributed by atoms with Crippen LogP contribution in [0.15, 0.2) is 36.9 Å². The van der Waals surface area contributed by atoms with Crippen molar-refractivity contribution in [3.63, 3.8) is 0 Å². The number of nitrogens with zero attached hydrogens (tertiary/aromatic N) is 5. The van der Waals surface area contributed by atoms with Gasteiger partial charge in [0, 0.05) is 11.8 Å². The highest BCUT2D eigenvalue weighted by atomic mass is 35.5. The number of hydrogen-bond acceptors (Lipinski definition) is 7. The fourth-order valence-electron chi connectivity index (χ4n) is 2.50.